The smallest absolute Gasteiger partial charge is 0.245 e. The van der Waals surface area contributed by atoms with Gasteiger partial charge in [-0.25, -0.2) is 0 Å². The summed E-state index contributed by atoms with van der Waals surface area (Å²) >= 11 is 0. The summed E-state index contributed by atoms with van der Waals surface area (Å²) in [6.45, 7) is 11.9. The highest BCUT2D eigenvalue weighted by molar-refractivity contribution is 5.90. The number of carbonyl (C=O) groups is 4. The largest absolute Gasteiger partial charge is 0.386 e. The number of aliphatic hydroxyl groups excluding tert-OH is 1. The summed E-state index contributed by atoms with van der Waals surface area (Å²) in [4.78, 5) is 58.7. The van der Waals surface area contributed by atoms with Gasteiger partial charge in [-0.3, -0.25) is 19.2 Å². The number of carbonyl (C=O) groups excluding carboxylic acids is 4. The fourth-order valence-electron chi connectivity index (χ4n) is 8.35. The summed E-state index contributed by atoms with van der Waals surface area (Å²) < 4.78 is 12.0. The molecule has 1 aliphatic carbocycles. The first kappa shape index (κ1) is 43.3. The molecule has 0 aromatic heterocycles. The molecule has 0 spiro atoms. The van der Waals surface area contributed by atoms with Crippen molar-refractivity contribution in [2.24, 2.45) is 23.7 Å². The van der Waals surface area contributed by atoms with E-state index in [9.17, 15) is 24.3 Å². The second-order valence-corrected chi connectivity index (χ2v) is 15.6. The van der Waals surface area contributed by atoms with Crippen molar-refractivity contribution in [2.45, 2.75) is 135 Å². The van der Waals surface area contributed by atoms with Crippen LogP contribution >= 0.6 is 0 Å². The third kappa shape index (κ3) is 10.8. The zero-order valence-electron chi connectivity index (χ0n) is 33.3. The molecule has 12 nitrogen and oxygen atoms in total. The van der Waals surface area contributed by atoms with E-state index < -0.39 is 42.4 Å². The molecule has 4 amide bonds. The summed E-state index contributed by atoms with van der Waals surface area (Å²) in [7, 11) is 6.68. The van der Waals surface area contributed by atoms with E-state index in [1.807, 2.05) is 62.9 Å². The molecule has 52 heavy (non-hydrogen) atoms. The van der Waals surface area contributed by atoms with Gasteiger partial charge in [-0.05, 0) is 63.0 Å². The van der Waals surface area contributed by atoms with Crippen LogP contribution in [-0.2, 0) is 28.7 Å². The van der Waals surface area contributed by atoms with Crippen molar-refractivity contribution in [1.82, 2.24) is 25.8 Å². The van der Waals surface area contributed by atoms with E-state index in [1.54, 1.807) is 47.1 Å². The predicted molar refractivity (Wildman–Crippen MR) is 202 cm³/mol. The van der Waals surface area contributed by atoms with Gasteiger partial charge in [0.15, 0.2) is 0 Å². The Morgan fingerprint density at radius 2 is 1.48 bits per heavy atom. The third-order valence-corrected chi connectivity index (χ3v) is 11.4. The van der Waals surface area contributed by atoms with Crippen molar-refractivity contribution in [3.63, 3.8) is 0 Å². The van der Waals surface area contributed by atoms with Crippen LogP contribution in [-0.4, -0.2) is 116 Å². The third-order valence-electron chi connectivity index (χ3n) is 11.4. The van der Waals surface area contributed by atoms with E-state index in [1.165, 1.54) is 0 Å². The van der Waals surface area contributed by atoms with Crippen LogP contribution in [0.4, 0.5) is 0 Å². The number of aliphatic hydroxyl groups is 1. The van der Waals surface area contributed by atoms with E-state index in [0.29, 0.717) is 18.5 Å². The Labute approximate surface area is 312 Å². The maximum Gasteiger partial charge on any atom is 0.245 e. The van der Waals surface area contributed by atoms with E-state index in [2.05, 4.69) is 16.0 Å². The number of hydrogen-bond acceptors (Lipinski definition) is 8. The number of benzene rings is 1. The maximum absolute atomic E-state index is 14.2. The van der Waals surface area contributed by atoms with Gasteiger partial charge in [0.1, 0.15) is 6.04 Å². The summed E-state index contributed by atoms with van der Waals surface area (Å²) in [5.74, 6) is -1.34. The van der Waals surface area contributed by atoms with Crippen molar-refractivity contribution in [1.29, 1.82) is 0 Å². The molecule has 9 atom stereocenters. The average Bonchev–Trinajstić information content (AvgIpc) is 3.83. The molecule has 12 heteroatoms. The summed E-state index contributed by atoms with van der Waals surface area (Å²) in [5, 5.41) is 19.9. The van der Waals surface area contributed by atoms with Gasteiger partial charge in [-0.1, -0.05) is 77.8 Å². The van der Waals surface area contributed by atoms with Crippen molar-refractivity contribution < 1.29 is 33.8 Å². The minimum absolute atomic E-state index is 0.0429. The van der Waals surface area contributed by atoms with Gasteiger partial charge in [0.25, 0.3) is 0 Å². The number of likely N-dealkylation sites (N-methyl/N-ethyl adjacent to an activating group) is 2. The normalized spacial score (nSPS) is 21.2. The number of hydrogen-bond donors (Lipinski definition) is 4. The number of nitrogens with zero attached hydrogens (tertiary/aromatic N) is 2. The first-order valence-electron chi connectivity index (χ1n) is 19.3. The Balaban J connectivity index is 1.77. The van der Waals surface area contributed by atoms with Crippen LogP contribution < -0.4 is 16.0 Å². The molecule has 1 saturated heterocycles. The lowest BCUT2D eigenvalue weighted by molar-refractivity contribution is -0.148. The van der Waals surface area contributed by atoms with Crippen LogP contribution in [0, 0.1) is 23.7 Å². The molecule has 1 aromatic carbocycles. The molecular formula is C40H67N5O7. The van der Waals surface area contributed by atoms with Crippen molar-refractivity contribution in [3.05, 3.63) is 35.9 Å². The van der Waals surface area contributed by atoms with Crippen LogP contribution in [0.1, 0.15) is 98.2 Å². The highest BCUT2D eigenvalue weighted by Crippen LogP contribution is 2.35. The topological polar surface area (TPSA) is 150 Å². The van der Waals surface area contributed by atoms with E-state index in [0.717, 1.165) is 32.1 Å². The lowest BCUT2D eigenvalue weighted by Gasteiger charge is -2.41. The van der Waals surface area contributed by atoms with Crippen molar-refractivity contribution in [2.75, 3.05) is 34.9 Å². The second-order valence-electron chi connectivity index (χ2n) is 15.6. The summed E-state index contributed by atoms with van der Waals surface area (Å²) in [5.41, 5.74) is 0.716. The molecule has 3 rings (SSSR count). The minimum Gasteiger partial charge on any atom is -0.386 e. The van der Waals surface area contributed by atoms with Gasteiger partial charge in [-0.2, -0.15) is 0 Å². The van der Waals surface area contributed by atoms with Crippen LogP contribution in [0.15, 0.2) is 30.3 Å². The highest BCUT2D eigenvalue weighted by atomic mass is 16.5. The maximum atomic E-state index is 14.2. The Morgan fingerprint density at radius 1 is 0.865 bits per heavy atom. The summed E-state index contributed by atoms with van der Waals surface area (Å²) in [6.07, 6.45) is 3.45. The first-order chi connectivity index (χ1) is 24.7. The Hall–Kier alpha value is -3.06. The molecular weight excluding hydrogens is 662 g/mol. The Morgan fingerprint density at radius 3 is 2.02 bits per heavy atom. The number of methoxy groups -OCH3 is 2. The lowest BCUT2D eigenvalue weighted by Crippen LogP contribution is -2.59. The van der Waals surface area contributed by atoms with E-state index in [-0.39, 0.29) is 59.9 Å². The van der Waals surface area contributed by atoms with Gasteiger partial charge >= 0.3 is 0 Å². The molecule has 4 N–H and O–H groups in total. The number of rotatable bonds is 19. The van der Waals surface area contributed by atoms with Crippen molar-refractivity contribution in [3.8, 4) is 0 Å². The number of amides is 4. The number of nitrogens with one attached hydrogen (secondary N) is 3. The van der Waals surface area contributed by atoms with Crippen LogP contribution in [0.2, 0.25) is 0 Å². The predicted octanol–water partition coefficient (Wildman–Crippen LogP) is 3.67. The SMILES string of the molecule is CN[C@H](C(=O)NC(C(=O)N(C)[C@@H](C1CCCC1)[C@@H](CC(=O)N1CCC[C@H]1[C@H](OC)[C@@H](C)C(=O)N[C@H](C)[C@@H](O)c1ccccc1)OC)C(C)C)C(C)C. The molecule has 1 saturated carbocycles. The zero-order valence-corrected chi connectivity index (χ0v) is 33.3. The zero-order chi connectivity index (χ0) is 38.7. The van der Waals surface area contributed by atoms with Gasteiger partial charge < -0.3 is 40.3 Å². The van der Waals surface area contributed by atoms with E-state index >= 15 is 0 Å². The monoisotopic (exact) mass is 730 g/mol. The molecule has 1 unspecified atom stereocenters. The fraction of sp³-hybridized carbons (Fsp3) is 0.750. The number of likely N-dealkylation sites (tertiary alicyclic amines) is 1. The molecule has 2 fully saturated rings. The molecule has 1 heterocycles. The second kappa shape index (κ2) is 20.4. The van der Waals surface area contributed by atoms with Gasteiger partial charge in [0.2, 0.25) is 23.6 Å². The Bertz CT molecular complexity index is 1290. The van der Waals surface area contributed by atoms with Gasteiger partial charge in [-0.15, -0.1) is 0 Å². The lowest BCUT2D eigenvalue weighted by atomic mass is 9.88. The quantitative estimate of drug-likeness (QED) is 0.169. The first-order valence-corrected chi connectivity index (χ1v) is 19.3. The highest BCUT2D eigenvalue weighted by Gasteiger charge is 2.44. The van der Waals surface area contributed by atoms with Gasteiger partial charge in [0, 0.05) is 27.8 Å². The Kier molecular flexibility index (Phi) is 17.0. The van der Waals surface area contributed by atoms with Crippen LogP contribution in [0.3, 0.4) is 0 Å². The van der Waals surface area contributed by atoms with Gasteiger partial charge in [0.05, 0.1) is 54.8 Å². The molecule has 0 radical (unpaired) electrons. The molecule has 294 valence electrons. The number of ether oxygens (including phenoxy) is 2. The molecule has 2 aliphatic rings. The average molecular weight is 730 g/mol. The van der Waals surface area contributed by atoms with Crippen molar-refractivity contribution >= 4 is 23.6 Å². The summed E-state index contributed by atoms with van der Waals surface area (Å²) in [6, 6.07) is 6.82. The van der Waals surface area contributed by atoms with E-state index in [4.69, 9.17) is 9.47 Å². The minimum atomic E-state index is -0.871. The van der Waals surface area contributed by atoms with Crippen LogP contribution in [0.5, 0.6) is 0 Å². The standard InChI is InChI=1S/C40H67N5O7/c1-24(2)33(41-7)39(49)43-34(25(3)4)40(50)44(8)35(28-17-14-15-18-28)31(51-9)23-32(46)45-22-16-21-30(45)37(52-10)26(5)38(48)42-27(6)36(47)29-19-12-11-13-20-29/h11-13,19-20,24-28,30-31,33-37,41,47H,14-18,21-23H2,1-10H3,(H,42,48)(H,43,49)/t26-,27-,30+,31-,33+,34?,35+,36-,37-/m1/s1. The molecule has 0 bridgehead atoms. The van der Waals surface area contributed by atoms with Crippen LogP contribution in [0.25, 0.3) is 0 Å². The molecule has 1 aliphatic heterocycles. The molecule has 1 aromatic rings. The fourth-order valence-corrected chi connectivity index (χ4v) is 8.35.